The Balaban J connectivity index is 3.69. The minimum atomic E-state index is 0.423. The molecule has 77 valence electrons. The molecule has 0 aromatic rings. The Bertz CT molecular complexity index is 209. The van der Waals surface area contributed by atoms with Gasteiger partial charge in [-0.05, 0) is 31.1 Å². The molecule has 0 fully saturated rings. The van der Waals surface area contributed by atoms with Crippen LogP contribution in [0.3, 0.4) is 0 Å². The molecule has 1 atom stereocenters. The molecular weight excluding hydrogens is 172 g/mol. The van der Waals surface area contributed by atoms with Gasteiger partial charge in [0.15, 0.2) is 0 Å². The van der Waals surface area contributed by atoms with E-state index >= 15 is 0 Å². The van der Waals surface area contributed by atoms with Crippen molar-refractivity contribution in [1.29, 1.82) is 10.5 Å². The summed E-state index contributed by atoms with van der Waals surface area (Å²) in [7, 11) is 0. The van der Waals surface area contributed by atoms with Gasteiger partial charge in [0.1, 0.15) is 0 Å². The Morgan fingerprint density at radius 3 is 2.43 bits per heavy atom. The molecule has 0 spiro atoms. The second-order valence-corrected chi connectivity index (χ2v) is 3.64. The van der Waals surface area contributed by atoms with Crippen molar-refractivity contribution in [2.24, 2.45) is 5.92 Å². The summed E-state index contributed by atoms with van der Waals surface area (Å²) in [6.07, 6.45) is 5.51. The van der Waals surface area contributed by atoms with Gasteiger partial charge >= 0.3 is 0 Å². The highest BCUT2D eigenvalue weighted by Gasteiger charge is 2.14. The summed E-state index contributed by atoms with van der Waals surface area (Å²) < 4.78 is 0. The van der Waals surface area contributed by atoms with Gasteiger partial charge in [-0.2, -0.15) is 10.5 Å². The molecule has 0 rings (SSSR count). The number of nitrogens with zero attached hydrogens (tertiary/aromatic N) is 2. The number of hydrogen-bond acceptors (Lipinski definition) is 2. The number of nitriles is 2. The van der Waals surface area contributed by atoms with Gasteiger partial charge in [0.25, 0.3) is 0 Å². The van der Waals surface area contributed by atoms with E-state index in [9.17, 15) is 0 Å². The smallest absolute Gasteiger partial charge is 0.0624 e. The quantitative estimate of drug-likeness (QED) is 0.577. The SMILES string of the molecule is CC[C](CCCCC#N)C(C)CC#N. The lowest BCUT2D eigenvalue weighted by molar-refractivity contribution is 0.515. The minimum absolute atomic E-state index is 0.423. The third-order valence-electron chi connectivity index (χ3n) is 2.58. The fraction of sp³-hybridized carbons (Fsp3) is 0.750. The van der Waals surface area contributed by atoms with Gasteiger partial charge in [-0.25, -0.2) is 0 Å². The standard InChI is InChI=1S/C12H19N2/c1-3-12(11(2)8-10-14)7-5-4-6-9-13/h11H,3-8H2,1-2H3. The lowest BCUT2D eigenvalue weighted by atomic mass is 9.85. The summed E-state index contributed by atoms with van der Waals surface area (Å²) in [4.78, 5) is 0. The fourth-order valence-electron chi connectivity index (χ4n) is 1.61. The Kier molecular flexibility index (Phi) is 7.95. The normalized spacial score (nSPS) is 12.1. The molecule has 0 aromatic heterocycles. The van der Waals surface area contributed by atoms with Crippen molar-refractivity contribution in [2.75, 3.05) is 0 Å². The molecule has 0 amide bonds. The third kappa shape index (κ3) is 5.60. The predicted octanol–water partition coefficient (Wildman–Crippen LogP) is 3.60. The maximum atomic E-state index is 8.58. The van der Waals surface area contributed by atoms with Gasteiger partial charge in [0.2, 0.25) is 0 Å². The van der Waals surface area contributed by atoms with Crippen molar-refractivity contribution < 1.29 is 0 Å². The van der Waals surface area contributed by atoms with Crippen LogP contribution in [0.1, 0.15) is 52.4 Å². The molecule has 2 nitrogen and oxygen atoms in total. The zero-order chi connectivity index (χ0) is 10.8. The maximum absolute atomic E-state index is 8.58. The average Bonchev–Trinajstić information content (AvgIpc) is 2.18. The van der Waals surface area contributed by atoms with Crippen molar-refractivity contribution >= 4 is 0 Å². The van der Waals surface area contributed by atoms with Crippen LogP contribution in [-0.2, 0) is 0 Å². The van der Waals surface area contributed by atoms with E-state index in [0.717, 1.165) is 25.7 Å². The van der Waals surface area contributed by atoms with E-state index < -0.39 is 0 Å². The van der Waals surface area contributed by atoms with Crippen LogP contribution in [0.5, 0.6) is 0 Å². The molecule has 0 aliphatic carbocycles. The Morgan fingerprint density at radius 2 is 1.93 bits per heavy atom. The van der Waals surface area contributed by atoms with Crippen molar-refractivity contribution in [3.63, 3.8) is 0 Å². The molecule has 14 heavy (non-hydrogen) atoms. The number of unbranched alkanes of at least 4 members (excludes halogenated alkanes) is 2. The molecule has 0 saturated carbocycles. The minimum Gasteiger partial charge on any atom is -0.198 e. The molecule has 0 aliphatic rings. The molecule has 2 heteroatoms. The van der Waals surface area contributed by atoms with Crippen LogP contribution < -0.4 is 0 Å². The third-order valence-corrected chi connectivity index (χ3v) is 2.58. The summed E-state index contributed by atoms with van der Waals surface area (Å²) in [5, 5.41) is 17.0. The van der Waals surface area contributed by atoms with Crippen LogP contribution in [-0.4, -0.2) is 0 Å². The van der Waals surface area contributed by atoms with Crippen molar-refractivity contribution in [3.8, 4) is 12.1 Å². The molecule has 0 saturated heterocycles. The maximum Gasteiger partial charge on any atom is 0.0624 e. The highest BCUT2D eigenvalue weighted by atomic mass is 14.3. The Hall–Kier alpha value is -1.02. The summed E-state index contributed by atoms with van der Waals surface area (Å²) >= 11 is 0. The Morgan fingerprint density at radius 1 is 1.21 bits per heavy atom. The van der Waals surface area contributed by atoms with Crippen LogP contribution in [0, 0.1) is 34.5 Å². The largest absolute Gasteiger partial charge is 0.198 e. The van der Waals surface area contributed by atoms with Crippen LogP contribution in [0.4, 0.5) is 0 Å². The topological polar surface area (TPSA) is 47.6 Å². The number of hydrogen-bond donors (Lipinski definition) is 0. The molecule has 1 radical (unpaired) electrons. The lowest BCUT2D eigenvalue weighted by Crippen LogP contribution is -2.07. The molecule has 0 bridgehead atoms. The summed E-state index contributed by atoms with van der Waals surface area (Å²) in [5.74, 6) is 1.90. The monoisotopic (exact) mass is 191 g/mol. The lowest BCUT2D eigenvalue weighted by Gasteiger charge is -2.19. The summed E-state index contributed by atoms with van der Waals surface area (Å²) in [6, 6.07) is 4.36. The van der Waals surface area contributed by atoms with E-state index in [-0.39, 0.29) is 0 Å². The molecule has 1 unspecified atom stereocenters. The van der Waals surface area contributed by atoms with E-state index in [1.165, 1.54) is 5.92 Å². The predicted molar refractivity (Wildman–Crippen MR) is 57.0 cm³/mol. The van der Waals surface area contributed by atoms with Gasteiger partial charge in [0, 0.05) is 12.8 Å². The van der Waals surface area contributed by atoms with E-state index in [1.54, 1.807) is 0 Å². The van der Waals surface area contributed by atoms with Crippen LogP contribution >= 0.6 is 0 Å². The van der Waals surface area contributed by atoms with E-state index in [4.69, 9.17) is 10.5 Å². The zero-order valence-corrected chi connectivity index (χ0v) is 9.21. The van der Waals surface area contributed by atoms with Gasteiger partial charge < -0.3 is 0 Å². The first-order valence-corrected chi connectivity index (χ1v) is 5.34. The molecule has 0 N–H and O–H groups in total. The highest BCUT2D eigenvalue weighted by molar-refractivity contribution is 4.96. The van der Waals surface area contributed by atoms with Crippen molar-refractivity contribution in [3.05, 3.63) is 5.92 Å². The zero-order valence-electron chi connectivity index (χ0n) is 9.21. The fourth-order valence-corrected chi connectivity index (χ4v) is 1.61. The molecule has 0 aliphatic heterocycles. The van der Waals surface area contributed by atoms with E-state index in [2.05, 4.69) is 26.0 Å². The Labute approximate surface area is 87.5 Å². The van der Waals surface area contributed by atoms with Crippen LogP contribution in [0.2, 0.25) is 0 Å². The van der Waals surface area contributed by atoms with Gasteiger partial charge in [0.05, 0.1) is 12.1 Å². The van der Waals surface area contributed by atoms with Crippen molar-refractivity contribution in [1.82, 2.24) is 0 Å². The first-order chi connectivity index (χ1) is 6.76. The summed E-state index contributed by atoms with van der Waals surface area (Å²) in [5.41, 5.74) is 0. The van der Waals surface area contributed by atoms with Crippen molar-refractivity contribution in [2.45, 2.75) is 52.4 Å². The van der Waals surface area contributed by atoms with E-state index in [1.807, 2.05) is 0 Å². The molecule has 0 aromatic carbocycles. The van der Waals surface area contributed by atoms with E-state index in [0.29, 0.717) is 18.8 Å². The highest BCUT2D eigenvalue weighted by Crippen LogP contribution is 2.26. The molecule has 0 heterocycles. The summed E-state index contributed by atoms with van der Waals surface area (Å²) in [6.45, 7) is 4.26. The van der Waals surface area contributed by atoms with Gasteiger partial charge in [-0.3, -0.25) is 0 Å². The van der Waals surface area contributed by atoms with Crippen LogP contribution in [0.25, 0.3) is 0 Å². The van der Waals surface area contributed by atoms with Gasteiger partial charge in [-0.15, -0.1) is 0 Å². The second kappa shape index (κ2) is 8.57. The first-order valence-electron chi connectivity index (χ1n) is 5.34. The number of rotatable bonds is 7. The van der Waals surface area contributed by atoms with Gasteiger partial charge in [-0.1, -0.05) is 20.3 Å². The van der Waals surface area contributed by atoms with Crippen LogP contribution in [0.15, 0.2) is 0 Å². The average molecular weight is 191 g/mol. The second-order valence-electron chi connectivity index (χ2n) is 3.64. The molecular formula is C12H19N2. The first kappa shape index (κ1) is 13.0.